The minimum Gasteiger partial charge on any atom is -0.493 e. The molecule has 0 aliphatic heterocycles. The molecule has 0 saturated heterocycles. The monoisotopic (exact) mass is 356 g/mol. The van der Waals surface area contributed by atoms with E-state index in [0.717, 1.165) is 10.4 Å². The molecule has 0 radical (unpaired) electrons. The molecular formula is C17H16N4O3S. The summed E-state index contributed by atoms with van der Waals surface area (Å²) in [6, 6.07) is 12.3. The van der Waals surface area contributed by atoms with Gasteiger partial charge < -0.3 is 20.1 Å². The first kappa shape index (κ1) is 16.7. The first-order valence-electron chi connectivity index (χ1n) is 7.37. The number of nitrogens with one attached hydrogen (secondary N) is 2. The maximum absolute atomic E-state index is 12.1. The van der Waals surface area contributed by atoms with Crippen LogP contribution >= 0.6 is 11.5 Å². The van der Waals surface area contributed by atoms with Crippen molar-refractivity contribution >= 4 is 28.9 Å². The lowest BCUT2D eigenvalue weighted by molar-refractivity contribution is 0.262. The number of nitrogens with zero attached hydrogens (tertiary/aromatic N) is 2. The van der Waals surface area contributed by atoms with Crippen LogP contribution in [-0.2, 0) is 0 Å². The fourth-order valence-electron chi connectivity index (χ4n) is 2.22. The van der Waals surface area contributed by atoms with Crippen molar-refractivity contribution in [3.63, 3.8) is 0 Å². The SMILES string of the molecule is COc1ccc(NC(=O)Nc2ccc(-c3cnns3)cc2)cc1OC. The Morgan fingerprint density at radius 2 is 1.64 bits per heavy atom. The number of urea groups is 1. The third kappa shape index (κ3) is 4.04. The molecule has 0 bridgehead atoms. The van der Waals surface area contributed by atoms with Gasteiger partial charge in [0.15, 0.2) is 11.5 Å². The quantitative estimate of drug-likeness (QED) is 0.725. The van der Waals surface area contributed by atoms with Crippen LogP contribution in [0.15, 0.2) is 48.7 Å². The molecule has 0 spiro atoms. The van der Waals surface area contributed by atoms with Gasteiger partial charge in [-0.2, -0.15) is 0 Å². The van der Waals surface area contributed by atoms with Gasteiger partial charge in [0.2, 0.25) is 0 Å². The molecule has 7 nitrogen and oxygen atoms in total. The van der Waals surface area contributed by atoms with Crippen molar-refractivity contribution in [2.45, 2.75) is 0 Å². The van der Waals surface area contributed by atoms with E-state index in [4.69, 9.17) is 9.47 Å². The Balaban J connectivity index is 1.64. The zero-order valence-corrected chi connectivity index (χ0v) is 14.5. The Labute approximate surface area is 148 Å². The van der Waals surface area contributed by atoms with Crippen molar-refractivity contribution in [1.82, 2.24) is 9.59 Å². The van der Waals surface area contributed by atoms with Crippen LogP contribution in [-0.4, -0.2) is 29.8 Å². The molecule has 128 valence electrons. The highest BCUT2D eigenvalue weighted by atomic mass is 32.1. The van der Waals surface area contributed by atoms with E-state index in [0.29, 0.717) is 22.9 Å². The van der Waals surface area contributed by atoms with E-state index in [2.05, 4.69) is 20.2 Å². The van der Waals surface area contributed by atoms with Crippen molar-refractivity contribution in [3.05, 3.63) is 48.7 Å². The van der Waals surface area contributed by atoms with Crippen molar-refractivity contribution in [1.29, 1.82) is 0 Å². The Morgan fingerprint density at radius 1 is 0.960 bits per heavy atom. The van der Waals surface area contributed by atoms with Crippen LogP contribution in [0.5, 0.6) is 11.5 Å². The second-order valence-electron chi connectivity index (χ2n) is 5.01. The molecule has 0 saturated carbocycles. The lowest BCUT2D eigenvalue weighted by Gasteiger charge is -2.11. The summed E-state index contributed by atoms with van der Waals surface area (Å²) in [4.78, 5) is 13.1. The number of carbonyl (C=O) groups is 1. The van der Waals surface area contributed by atoms with E-state index < -0.39 is 0 Å². The zero-order valence-electron chi connectivity index (χ0n) is 13.6. The molecule has 0 aliphatic rings. The number of benzene rings is 2. The number of methoxy groups -OCH3 is 2. The minimum absolute atomic E-state index is 0.348. The molecule has 2 amide bonds. The van der Waals surface area contributed by atoms with E-state index in [1.165, 1.54) is 11.5 Å². The summed E-state index contributed by atoms with van der Waals surface area (Å²) < 4.78 is 14.2. The molecule has 3 aromatic rings. The molecule has 0 atom stereocenters. The molecule has 1 aromatic heterocycles. The highest BCUT2D eigenvalue weighted by Gasteiger charge is 2.08. The van der Waals surface area contributed by atoms with Crippen LogP contribution in [0.1, 0.15) is 0 Å². The van der Waals surface area contributed by atoms with E-state index in [-0.39, 0.29) is 6.03 Å². The number of hydrogen-bond donors (Lipinski definition) is 2. The summed E-state index contributed by atoms with van der Waals surface area (Å²) in [6.07, 6.45) is 1.71. The topological polar surface area (TPSA) is 85.4 Å². The largest absolute Gasteiger partial charge is 0.493 e. The summed E-state index contributed by atoms with van der Waals surface area (Å²) in [5.41, 5.74) is 2.28. The summed E-state index contributed by atoms with van der Waals surface area (Å²) >= 11 is 1.32. The minimum atomic E-state index is -0.348. The van der Waals surface area contributed by atoms with Gasteiger partial charge in [-0.1, -0.05) is 16.6 Å². The molecule has 2 aromatic carbocycles. The molecule has 0 unspecified atom stereocenters. The highest BCUT2D eigenvalue weighted by Crippen LogP contribution is 2.30. The van der Waals surface area contributed by atoms with Crippen LogP contribution in [0, 0.1) is 0 Å². The number of rotatable bonds is 5. The highest BCUT2D eigenvalue weighted by molar-refractivity contribution is 7.09. The van der Waals surface area contributed by atoms with E-state index in [9.17, 15) is 4.79 Å². The Hall–Kier alpha value is -3.13. The fourth-order valence-corrected chi connectivity index (χ4v) is 2.74. The van der Waals surface area contributed by atoms with Gasteiger partial charge in [-0.25, -0.2) is 4.79 Å². The normalized spacial score (nSPS) is 10.2. The lowest BCUT2D eigenvalue weighted by Crippen LogP contribution is -2.19. The fraction of sp³-hybridized carbons (Fsp3) is 0.118. The number of hydrogen-bond acceptors (Lipinski definition) is 6. The molecule has 3 rings (SSSR count). The van der Waals surface area contributed by atoms with Crippen LogP contribution in [0.2, 0.25) is 0 Å². The van der Waals surface area contributed by atoms with Crippen LogP contribution in [0.3, 0.4) is 0 Å². The maximum Gasteiger partial charge on any atom is 0.323 e. The predicted octanol–water partition coefficient (Wildman–Crippen LogP) is 3.87. The average Bonchev–Trinajstić information content (AvgIpc) is 3.17. The lowest BCUT2D eigenvalue weighted by atomic mass is 10.2. The Bertz CT molecular complexity index is 851. The van der Waals surface area contributed by atoms with Gasteiger partial charge in [-0.3, -0.25) is 0 Å². The van der Waals surface area contributed by atoms with Gasteiger partial charge in [0.1, 0.15) is 0 Å². The summed E-state index contributed by atoms with van der Waals surface area (Å²) in [5, 5.41) is 9.35. The average molecular weight is 356 g/mol. The molecule has 0 aliphatic carbocycles. The number of anilines is 2. The second-order valence-corrected chi connectivity index (χ2v) is 5.79. The Kier molecular flexibility index (Phi) is 5.10. The van der Waals surface area contributed by atoms with Gasteiger partial charge in [-0.05, 0) is 41.4 Å². The standard InChI is InChI=1S/C17H16N4O3S/c1-23-14-8-7-13(9-15(14)24-2)20-17(22)19-12-5-3-11(4-6-12)16-10-18-21-25-16/h3-10H,1-2H3,(H2,19,20,22). The van der Waals surface area contributed by atoms with E-state index in [1.54, 1.807) is 38.6 Å². The molecule has 0 fully saturated rings. The first-order valence-corrected chi connectivity index (χ1v) is 8.15. The number of amides is 2. The summed E-state index contributed by atoms with van der Waals surface area (Å²) in [7, 11) is 3.10. The summed E-state index contributed by atoms with van der Waals surface area (Å²) in [6.45, 7) is 0. The third-order valence-electron chi connectivity index (χ3n) is 3.43. The third-order valence-corrected chi connectivity index (χ3v) is 4.14. The maximum atomic E-state index is 12.1. The number of ether oxygens (including phenoxy) is 2. The first-order chi connectivity index (χ1) is 12.2. The van der Waals surface area contributed by atoms with Gasteiger partial charge in [0.25, 0.3) is 0 Å². The van der Waals surface area contributed by atoms with E-state index >= 15 is 0 Å². The van der Waals surface area contributed by atoms with Gasteiger partial charge in [-0.15, -0.1) is 5.10 Å². The van der Waals surface area contributed by atoms with Gasteiger partial charge >= 0.3 is 6.03 Å². The molecule has 1 heterocycles. The van der Waals surface area contributed by atoms with Crippen molar-refractivity contribution in [2.75, 3.05) is 24.9 Å². The van der Waals surface area contributed by atoms with Crippen LogP contribution in [0.25, 0.3) is 10.4 Å². The van der Waals surface area contributed by atoms with Crippen molar-refractivity contribution in [3.8, 4) is 21.9 Å². The van der Waals surface area contributed by atoms with Crippen molar-refractivity contribution < 1.29 is 14.3 Å². The molecule has 25 heavy (non-hydrogen) atoms. The zero-order chi connectivity index (χ0) is 17.6. The van der Waals surface area contributed by atoms with E-state index in [1.807, 2.05) is 24.3 Å². The number of aromatic nitrogens is 2. The molecule has 8 heteroatoms. The van der Waals surface area contributed by atoms with Gasteiger partial charge in [0, 0.05) is 17.4 Å². The molecule has 2 N–H and O–H groups in total. The second kappa shape index (κ2) is 7.63. The van der Waals surface area contributed by atoms with Crippen molar-refractivity contribution in [2.24, 2.45) is 0 Å². The van der Waals surface area contributed by atoms with Gasteiger partial charge in [0.05, 0.1) is 25.3 Å². The smallest absolute Gasteiger partial charge is 0.323 e. The van der Waals surface area contributed by atoms with Crippen LogP contribution < -0.4 is 20.1 Å². The number of carbonyl (C=O) groups excluding carboxylic acids is 1. The Morgan fingerprint density at radius 3 is 2.28 bits per heavy atom. The predicted molar refractivity (Wildman–Crippen MR) is 97.5 cm³/mol. The van der Waals surface area contributed by atoms with Crippen LogP contribution in [0.4, 0.5) is 16.2 Å². The molecular weight excluding hydrogens is 340 g/mol. The summed E-state index contributed by atoms with van der Waals surface area (Å²) in [5.74, 6) is 1.14.